The van der Waals surface area contributed by atoms with Crippen molar-refractivity contribution in [1.29, 1.82) is 0 Å². The van der Waals surface area contributed by atoms with Crippen LogP contribution in [0.3, 0.4) is 0 Å². The van der Waals surface area contributed by atoms with Crippen LogP contribution >= 0.6 is 0 Å². The van der Waals surface area contributed by atoms with Crippen LogP contribution < -0.4 is 0 Å². The molecule has 0 saturated heterocycles. The second-order valence-corrected chi connectivity index (χ2v) is 11.1. The summed E-state index contributed by atoms with van der Waals surface area (Å²) in [7, 11) is 0. The minimum Gasteiger partial charge on any atom is -0.361 e. The Morgan fingerprint density at radius 3 is 2.33 bits per heavy atom. The number of aromatic amines is 1. The van der Waals surface area contributed by atoms with E-state index in [2.05, 4.69) is 4.98 Å². The predicted molar refractivity (Wildman–Crippen MR) is 145 cm³/mol. The van der Waals surface area contributed by atoms with Gasteiger partial charge in [0.2, 0.25) is 11.8 Å². The highest BCUT2D eigenvalue weighted by molar-refractivity contribution is 5.86. The van der Waals surface area contributed by atoms with Crippen molar-refractivity contribution in [3.8, 4) is 0 Å². The van der Waals surface area contributed by atoms with Gasteiger partial charge in [-0.3, -0.25) is 9.59 Å². The van der Waals surface area contributed by atoms with Crippen molar-refractivity contribution in [3.05, 3.63) is 71.4 Å². The number of rotatable bonds is 11. The first-order valence-corrected chi connectivity index (χ1v) is 14.1. The van der Waals surface area contributed by atoms with Gasteiger partial charge in [-0.05, 0) is 60.9 Å². The zero-order chi connectivity index (χ0) is 27.4. The summed E-state index contributed by atoms with van der Waals surface area (Å²) in [5.41, 5.74) is 2.00. The molecule has 3 aromatic rings. The van der Waals surface area contributed by atoms with Crippen LogP contribution in [0.25, 0.3) is 10.9 Å². The van der Waals surface area contributed by atoms with Crippen molar-refractivity contribution in [1.82, 2.24) is 14.8 Å². The molecule has 5 nitrogen and oxygen atoms in total. The molecule has 2 fully saturated rings. The fourth-order valence-electron chi connectivity index (χ4n) is 5.73. The predicted octanol–water partition coefficient (Wildman–Crippen LogP) is 6.72. The molecule has 2 aliphatic carbocycles. The molecule has 0 bridgehead atoms. The number of nitrogens with one attached hydrogen (secondary N) is 1. The summed E-state index contributed by atoms with van der Waals surface area (Å²) in [5, 5.41) is 1.08. The molecule has 208 valence electrons. The number of amides is 2. The van der Waals surface area contributed by atoms with Crippen LogP contribution in [0, 0.1) is 5.92 Å². The summed E-state index contributed by atoms with van der Waals surface area (Å²) < 4.78 is 39.2. The molecule has 8 heteroatoms. The minimum absolute atomic E-state index is 0.0166. The summed E-state index contributed by atoms with van der Waals surface area (Å²) in [6.45, 7) is 0.604. The van der Waals surface area contributed by atoms with Gasteiger partial charge in [0.05, 0.1) is 5.56 Å². The van der Waals surface area contributed by atoms with Gasteiger partial charge in [-0.15, -0.1) is 0 Å². The Hall–Kier alpha value is -3.29. The number of benzene rings is 2. The van der Waals surface area contributed by atoms with E-state index < -0.39 is 11.7 Å². The van der Waals surface area contributed by atoms with E-state index in [1.807, 2.05) is 30.5 Å². The molecule has 0 aliphatic heterocycles. The number of para-hydroxylation sites is 1. The molecule has 2 aromatic carbocycles. The molecule has 1 heterocycles. The Bertz CT molecular complexity index is 1270. The molecule has 0 radical (unpaired) electrons. The van der Waals surface area contributed by atoms with E-state index in [0.29, 0.717) is 30.9 Å². The average Bonchev–Trinajstić information content (AvgIpc) is 3.46. The molecular formula is C31H36F3N3O2. The molecule has 39 heavy (non-hydrogen) atoms. The van der Waals surface area contributed by atoms with Crippen molar-refractivity contribution < 1.29 is 22.8 Å². The first kappa shape index (κ1) is 27.3. The third-order valence-electron chi connectivity index (χ3n) is 8.19. The monoisotopic (exact) mass is 539 g/mol. The first-order valence-electron chi connectivity index (χ1n) is 14.1. The molecule has 5 rings (SSSR count). The Kier molecular flexibility index (Phi) is 8.29. The smallest absolute Gasteiger partial charge is 0.361 e. The summed E-state index contributed by atoms with van der Waals surface area (Å²) in [5.74, 6) is 0.484. The number of halogens is 3. The maximum absolute atomic E-state index is 13.6. The Balaban J connectivity index is 1.29. The van der Waals surface area contributed by atoms with Crippen LogP contribution in [0.4, 0.5) is 13.2 Å². The number of hydrogen-bond donors (Lipinski definition) is 1. The number of alkyl halides is 3. The van der Waals surface area contributed by atoms with Crippen LogP contribution in [0.15, 0.2) is 54.7 Å². The minimum atomic E-state index is -4.41. The Labute approximate surface area is 227 Å². The second-order valence-electron chi connectivity index (χ2n) is 11.1. The number of nitrogens with zero attached hydrogens (tertiary/aromatic N) is 2. The molecular weight excluding hydrogens is 503 g/mol. The van der Waals surface area contributed by atoms with Crippen LogP contribution in [0.1, 0.15) is 68.1 Å². The van der Waals surface area contributed by atoms with Gasteiger partial charge in [-0.2, -0.15) is 13.2 Å². The van der Waals surface area contributed by atoms with Gasteiger partial charge < -0.3 is 14.8 Å². The third kappa shape index (κ3) is 7.02. The van der Waals surface area contributed by atoms with Gasteiger partial charge in [-0.1, -0.05) is 56.0 Å². The van der Waals surface area contributed by atoms with Gasteiger partial charge in [0, 0.05) is 42.7 Å². The molecule has 0 spiro atoms. The largest absolute Gasteiger partial charge is 0.416 e. The number of hydrogen-bond acceptors (Lipinski definition) is 2. The normalized spacial score (nSPS) is 16.1. The van der Waals surface area contributed by atoms with Gasteiger partial charge >= 0.3 is 6.18 Å². The third-order valence-corrected chi connectivity index (χ3v) is 8.19. The quantitative estimate of drug-likeness (QED) is 0.294. The van der Waals surface area contributed by atoms with E-state index in [9.17, 15) is 22.8 Å². The Morgan fingerprint density at radius 1 is 0.923 bits per heavy atom. The van der Waals surface area contributed by atoms with Gasteiger partial charge in [0.1, 0.15) is 6.54 Å². The zero-order valence-corrected chi connectivity index (χ0v) is 22.2. The van der Waals surface area contributed by atoms with Gasteiger partial charge in [0.25, 0.3) is 0 Å². The highest BCUT2D eigenvalue weighted by atomic mass is 19.4. The second kappa shape index (κ2) is 11.8. The van der Waals surface area contributed by atoms with Crippen molar-refractivity contribution >= 4 is 22.7 Å². The summed E-state index contributed by atoms with van der Waals surface area (Å²) in [4.78, 5) is 33.5. The first-order chi connectivity index (χ1) is 18.8. The molecule has 1 N–H and O–H groups in total. The van der Waals surface area contributed by atoms with Crippen LogP contribution in [-0.4, -0.2) is 45.7 Å². The fraction of sp³-hybridized carbons (Fsp3) is 0.484. The van der Waals surface area contributed by atoms with Crippen molar-refractivity contribution in [2.24, 2.45) is 5.92 Å². The van der Waals surface area contributed by atoms with Gasteiger partial charge in [0.15, 0.2) is 0 Å². The van der Waals surface area contributed by atoms with E-state index in [1.165, 1.54) is 37.8 Å². The topological polar surface area (TPSA) is 56.4 Å². The molecule has 1 aromatic heterocycles. The average molecular weight is 540 g/mol. The number of fused-ring (bicyclic) bond motifs is 1. The summed E-state index contributed by atoms with van der Waals surface area (Å²) in [6, 6.07) is 13.0. The molecule has 2 amide bonds. The highest BCUT2D eigenvalue weighted by Gasteiger charge is 2.35. The van der Waals surface area contributed by atoms with E-state index in [0.717, 1.165) is 47.9 Å². The maximum Gasteiger partial charge on any atom is 0.416 e. The highest BCUT2D eigenvalue weighted by Crippen LogP contribution is 2.32. The SMILES string of the molecule is O=C(CN(C(=O)CCC1CCCC1)C1CC1)N(CCc1c[nH]c2ccccc12)Cc1ccc(C(F)(F)F)cc1. The van der Waals surface area contributed by atoms with E-state index >= 15 is 0 Å². The molecule has 0 unspecified atom stereocenters. The lowest BCUT2D eigenvalue weighted by molar-refractivity contribution is -0.141. The summed E-state index contributed by atoms with van der Waals surface area (Å²) in [6.07, 6.45) is 6.14. The molecule has 2 saturated carbocycles. The Morgan fingerprint density at radius 2 is 1.64 bits per heavy atom. The maximum atomic E-state index is 13.6. The van der Waals surface area contributed by atoms with Crippen molar-refractivity contribution in [3.63, 3.8) is 0 Å². The van der Waals surface area contributed by atoms with E-state index in [-0.39, 0.29) is 30.9 Å². The lowest BCUT2D eigenvalue weighted by Crippen LogP contribution is -2.44. The standard InChI is InChI=1S/C31H36F3N3O2/c32-31(33,34)25-12-9-23(10-13-25)20-36(18-17-24-19-35-28-8-4-3-7-27(24)28)30(39)21-37(26-14-15-26)29(38)16-11-22-5-1-2-6-22/h3-4,7-10,12-13,19,22,26,35H,1-2,5-6,11,14-18,20-21H2. The summed E-state index contributed by atoms with van der Waals surface area (Å²) >= 11 is 0. The lowest BCUT2D eigenvalue weighted by Gasteiger charge is -2.28. The van der Waals surface area contributed by atoms with E-state index in [1.54, 1.807) is 9.80 Å². The van der Waals surface area contributed by atoms with E-state index in [4.69, 9.17) is 0 Å². The molecule has 2 aliphatic rings. The number of aromatic nitrogens is 1. The lowest BCUT2D eigenvalue weighted by atomic mass is 10.0. The zero-order valence-electron chi connectivity index (χ0n) is 22.2. The number of carbonyl (C=O) groups excluding carboxylic acids is 2. The van der Waals surface area contributed by atoms with Crippen molar-refractivity contribution in [2.75, 3.05) is 13.1 Å². The molecule has 0 atom stereocenters. The van der Waals surface area contributed by atoms with Crippen LogP contribution in [0.5, 0.6) is 0 Å². The van der Waals surface area contributed by atoms with Crippen LogP contribution in [0.2, 0.25) is 0 Å². The van der Waals surface area contributed by atoms with Crippen molar-refractivity contribution in [2.45, 2.75) is 76.6 Å². The van der Waals surface area contributed by atoms with Crippen LogP contribution in [-0.2, 0) is 28.7 Å². The van der Waals surface area contributed by atoms with Gasteiger partial charge in [-0.25, -0.2) is 0 Å². The number of H-pyrrole nitrogens is 1. The number of carbonyl (C=O) groups is 2. The fourth-order valence-corrected chi connectivity index (χ4v) is 5.73.